The molecule has 1 N–H and O–H groups in total. The molecule has 0 radical (unpaired) electrons. The lowest BCUT2D eigenvalue weighted by atomic mass is 10.0. The van der Waals surface area contributed by atoms with Gasteiger partial charge in [-0.2, -0.15) is 0 Å². The van der Waals surface area contributed by atoms with Crippen molar-refractivity contribution in [2.24, 2.45) is 0 Å². The van der Waals surface area contributed by atoms with E-state index in [9.17, 15) is 18.0 Å². The summed E-state index contributed by atoms with van der Waals surface area (Å²) in [4.78, 5) is 29.5. The van der Waals surface area contributed by atoms with E-state index >= 15 is 0 Å². The number of amides is 2. The summed E-state index contributed by atoms with van der Waals surface area (Å²) >= 11 is 0. The van der Waals surface area contributed by atoms with E-state index in [-0.39, 0.29) is 29.5 Å². The van der Waals surface area contributed by atoms with Crippen LogP contribution in [0.15, 0.2) is 114 Å². The van der Waals surface area contributed by atoms with Crippen LogP contribution in [0.3, 0.4) is 0 Å². The van der Waals surface area contributed by atoms with Crippen molar-refractivity contribution in [1.29, 1.82) is 0 Å². The third-order valence-electron chi connectivity index (χ3n) is 7.02. The van der Waals surface area contributed by atoms with E-state index in [4.69, 9.17) is 4.74 Å². The minimum Gasteiger partial charge on any atom is -0.495 e. The van der Waals surface area contributed by atoms with Crippen LogP contribution in [-0.4, -0.2) is 51.4 Å². The van der Waals surface area contributed by atoms with E-state index in [2.05, 4.69) is 5.32 Å². The second-order valence-electron chi connectivity index (χ2n) is 10.1. The molecule has 0 saturated heterocycles. The Morgan fingerprint density at radius 1 is 0.837 bits per heavy atom. The fourth-order valence-electron chi connectivity index (χ4n) is 4.92. The lowest BCUT2D eigenvalue weighted by Gasteiger charge is -2.34. The summed E-state index contributed by atoms with van der Waals surface area (Å²) in [6, 6.07) is 30.9. The van der Waals surface area contributed by atoms with E-state index in [1.165, 1.54) is 24.1 Å². The molecule has 0 fully saturated rings. The second kappa shape index (κ2) is 14.5. The molecular weight excluding hydrogens is 562 g/mol. The molecule has 2 amide bonds. The Morgan fingerprint density at radius 2 is 1.47 bits per heavy atom. The minimum atomic E-state index is -4.20. The van der Waals surface area contributed by atoms with Gasteiger partial charge in [0.25, 0.3) is 10.0 Å². The van der Waals surface area contributed by atoms with Crippen LogP contribution in [0.5, 0.6) is 5.75 Å². The fraction of sp³-hybridized carbons (Fsp3) is 0.235. The maximum atomic E-state index is 14.4. The van der Waals surface area contributed by atoms with Gasteiger partial charge in [-0.1, -0.05) is 90.5 Å². The first kappa shape index (κ1) is 31.3. The Morgan fingerprint density at radius 3 is 2.12 bits per heavy atom. The molecule has 0 spiro atoms. The van der Waals surface area contributed by atoms with Crippen LogP contribution in [0, 0.1) is 6.92 Å². The van der Waals surface area contributed by atoms with Crippen LogP contribution in [-0.2, 0) is 32.6 Å². The molecule has 43 heavy (non-hydrogen) atoms. The number of likely N-dealkylation sites (N-methyl/N-ethyl adjacent to an activating group) is 1. The van der Waals surface area contributed by atoms with Crippen LogP contribution in [0.4, 0.5) is 5.69 Å². The van der Waals surface area contributed by atoms with Crippen molar-refractivity contribution in [3.8, 4) is 5.75 Å². The van der Waals surface area contributed by atoms with E-state index in [1.807, 2.05) is 68.4 Å². The van der Waals surface area contributed by atoms with Gasteiger partial charge < -0.3 is 15.0 Å². The smallest absolute Gasteiger partial charge is 0.264 e. The topological polar surface area (TPSA) is 96.0 Å². The first-order valence-electron chi connectivity index (χ1n) is 14.1. The monoisotopic (exact) mass is 599 g/mol. The van der Waals surface area contributed by atoms with Gasteiger partial charge in [0.05, 0.1) is 17.7 Å². The lowest BCUT2D eigenvalue weighted by Crippen LogP contribution is -2.53. The number of methoxy groups -OCH3 is 1. The fourth-order valence-corrected chi connectivity index (χ4v) is 6.37. The molecule has 8 nitrogen and oxygen atoms in total. The Hall–Kier alpha value is -4.63. The van der Waals surface area contributed by atoms with Gasteiger partial charge in [0.2, 0.25) is 11.8 Å². The number of ether oxygens (including phenoxy) is 1. The molecule has 0 heterocycles. The number of rotatable bonds is 13. The van der Waals surface area contributed by atoms with Crippen molar-refractivity contribution < 1.29 is 22.7 Å². The third-order valence-corrected chi connectivity index (χ3v) is 8.80. The maximum absolute atomic E-state index is 14.4. The lowest BCUT2D eigenvalue weighted by molar-refractivity contribution is -0.140. The number of sulfonamides is 1. The number of carbonyl (C=O) groups excluding carboxylic acids is 2. The SMILES string of the molecule is CCNC(=O)[C@H](Cc1ccccc1)N(Cc1cccc(C)c1)C(=O)CN(c1ccccc1OC)S(=O)(=O)c1ccccc1. The first-order chi connectivity index (χ1) is 20.7. The number of nitrogens with zero attached hydrogens (tertiary/aromatic N) is 2. The molecule has 0 aliphatic heterocycles. The molecule has 4 aromatic carbocycles. The van der Waals surface area contributed by atoms with E-state index in [0.717, 1.165) is 21.0 Å². The van der Waals surface area contributed by atoms with Crippen molar-refractivity contribution in [2.75, 3.05) is 24.5 Å². The molecular formula is C34H37N3O5S. The van der Waals surface area contributed by atoms with Crippen molar-refractivity contribution in [1.82, 2.24) is 10.2 Å². The van der Waals surface area contributed by atoms with Crippen LogP contribution in [0.1, 0.15) is 23.6 Å². The molecule has 224 valence electrons. The summed E-state index contributed by atoms with van der Waals surface area (Å²) in [5.41, 5.74) is 2.92. The molecule has 1 atom stereocenters. The maximum Gasteiger partial charge on any atom is 0.264 e. The van der Waals surface area contributed by atoms with Crippen molar-refractivity contribution >= 4 is 27.5 Å². The summed E-state index contributed by atoms with van der Waals surface area (Å²) in [5, 5.41) is 2.87. The van der Waals surface area contributed by atoms with E-state index in [0.29, 0.717) is 12.3 Å². The number of benzene rings is 4. The van der Waals surface area contributed by atoms with Gasteiger partial charge in [-0.25, -0.2) is 8.42 Å². The molecule has 0 saturated carbocycles. The predicted molar refractivity (Wildman–Crippen MR) is 168 cm³/mol. The quantitative estimate of drug-likeness (QED) is 0.234. The number of aryl methyl sites for hydroxylation is 1. The Labute approximate surface area is 254 Å². The molecule has 0 aliphatic carbocycles. The van der Waals surface area contributed by atoms with Crippen LogP contribution >= 0.6 is 0 Å². The predicted octanol–water partition coefficient (Wildman–Crippen LogP) is 4.98. The molecule has 0 unspecified atom stereocenters. The van der Waals surface area contributed by atoms with Gasteiger partial charge in [0.1, 0.15) is 18.3 Å². The number of carbonyl (C=O) groups is 2. The highest BCUT2D eigenvalue weighted by Gasteiger charge is 2.35. The van der Waals surface area contributed by atoms with Gasteiger partial charge in [-0.15, -0.1) is 0 Å². The van der Waals surface area contributed by atoms with Gasteiger partial charge >= 0.3 is 0 Å². The Kier molecular flexibility index (Phi) is 10.6. The minimum absolute atomic E-state index is 0.0310. The van der Waals surface area contributed by atoms with Crippen molar-refractivity contribution in [3.63, 3.8) is 0 Å². The van der Waals surface area contributed by atoms with Gasteiger partial charge in [0, 0.05) is 19.5 Å². The average Bonchev–Trinajstić information content (AvgIpc) is 3.02. The van der Waals surface area contributed by atoms with Crippen LogP contribution in [0.25, 0.3) is 0 Å². The molecule has 0 aromatic heterocycles. The van der Waals surface area contributed by atoms with Crippen LogP contribution < -0.4 is 14.4 Å². The zero-order valence-electron chi connectivity index (χ0n) is 24.6. The normalized spacial score (nSPS) is 11.8. The third kappa shape index (κ3) is 7.81. The average molecular weight is 600 g/mol. The Balaban J connectivity index is 1.82. The summed E-state index contributed by atoms with van der Waals surface area (Å²) in [6.45, 7) is 3.72. The number of para-hydroxylation sites is 2. The largest absolute Gasteiger partial charge is 0.495 e. The highest BCUT2D eigenvalue weighted by molar-refractivity contribution is 7.92. The first-order valence-corrected chi connectivity index (χ1v) is 15.6. The van der Waals surface area contributed by atoms with Gasteiger partial charge in [0.15, 0.2) is 0 Å². The molecule has 4 rings (SSSR count). The summed E-state index contributed by atoms with van der Waals surface area (Å²) in [7, 11) is -2.76. The van der Waals surface area contributed by atoms with E-state index < -0.39 is 28.5 Å². The summed E-state index contributed by atoms with van der Waals surface area (Å²) < 4.78 is 34.7. The number of hydrogen-bond donors (Lipinski definition) is 1. The van der Waals surface area contributed by atoms with Crippen molar-refractivity contribution in [2.45, 2.75) is 37.8 Å². The summed E-state index contributed by atoms with van der Waals surface area (Å²) in [5.74, 6) is -0.550. The van der Waals surface area contributed by atoms with Gasteiger partial charge in [-0.3, -0.25) is 13.9 Å². The van der Waals surface area contributed by atoms with Crippen LogP contribution in [0.2, 0.25) is 0 Å². The molecule has 4 aromatic rings. The highest BCUT2D eigenvalue weighted by Crippen LogP contribution is 2.32. The molecule has 0 aliphatic rings. The highest BCUT2D eigenvalue weighted by atomic mass is 32.2. The Bertz CT molecular complexity index is 1630. The number of anilines is 1. The van der Waals surface area contributed by atoms with Gasteiger partial charge in [-0.05, 0) is 49.2 Å². The number of nitrogens with one attached hydrogen (secondary N) is 1. The molecule has 9 heteroatoms. The summed E-state index contributed by atoms with van der Waals surface area (Å²) in [6.07, 6.45) is 0.254. The zero-order valence-corrected chi connectivity index (χ0v) is 25.5. The van der Waals surface area contributed by atoms with E-state index in [1.54, 1.807) is 42.5 Å². The zero-order chi connectivity index (χ0) is 30.8. The van der Waals surface area contributed by atoms with Crippen molar-refractivity contribution in [3.05, 3.63) is 126 Å². The molecule has 0 bridgehead atoms. The number of hydrogen-bond acceptors (Lipinski definition) is 5. The standard InChI is InChI=1S/C34H37N3O5S/c1-4-35-34(39)31(23-27-15-7-5-8-16-27)36(24-28-17-13-14-26(2)22-28)33(38)25-37(30-20-11-12-21-32(30)42-3)43(40,41)29-18-9-6-10-19-29/h5-22,31H,4,23-25H2,1-3H3,(H,35,39)/t31-/m0/s1. The second-order valence-corrected chi connectivity index (χ2v) is 12.0.